The number of carbonyl (C=O) groups is 1. The Morgan fingerprint density at radius 2 is 2.04 bits per heavy atom. The van der Waals surface area contributed by atoms with E-state index in [4.69, 9.17) is 4.74 Å². The van der Waals surface area contributed by atoms with Crippen LogP contribution in [0.4, 0.5) is 0 Å². The smallest absolute Gasteiger partial charge is 0.227 e. The van der Waals surface area contributed by atoms with Crippen LogP contribution < -0.4 is 4.74 Å². The van der Waals surface area contributed by atoms with E-state index in [0.29, 0.717) is 18.9 Å². The Hall–Kier alpha value is -2.36. The molecule has 0 spiro atoms. The van der Waals surface area contributed by atoms with Crippen LogP contribution in [0, 0.1) is 19.8 Å². The average molecular weight is 338 g/mol. The Labute approximate surface area is 149 Å². The first-order valence-corrected chi connectivity index (χ1v) is 8.99. The normalized spacial score (nSPS) is 17.4. The quantitative estimate of drug-likeness (QED) is 0.837. The van der Waals surface area contributed by atoms with E-state index in [1.165, 1.54) is 5.56 Å². The molecule has 25 heavy (non-hydrogen) atoms. The monoisotopic (exact) mass is 338 g/mol. The highest BCUT2D eigenvalue weighted by molar-refractivity contribution is 5.78. The second kappa shape index (κ2) is 8.15. The summed E-state index contributed by atoms with van der Waals surface area (Å²) in [6.07, 6.45) is 4.40. The largest absolute Gasteiger partial charge is 0.493 e. The number of hydrogen-bond acceptors (Lipinski definition) is 3. The summed E-state index contributed by atoms with van der Waals surface area (Å²) >= 11 is 0. The summed E-state index contributed by atoms with van der Waals surface area (Å²) < 4.78 is 5.91. The molecule has 3 rings (SSSR count). The van der Waals surface area contributed by atoms with Gasteiger partial charge in [0.25, 0.3) is 0 Å². The molecule has 2 heterocycles. The van der Waals surface area contributed by atoms with E-state index in [0.717, 1.165) is 42.9 Å². The fraction of sp³-hybridized carbons (Fsp3) is 0.429. The van der Waals surface area contributed by atoms with Crippen molar-refractivity contribution in [2.75, 3.05) is 19.7 Å². The molecule has 132 valence electrons. The Morgan fingerprint density at radius 1 is 1.24 bits per heavy atom. The van der Waals surface area contributed by atoms with Gasteiger partial charge in [-0.05, 0) is 38.3 Å². The van der Waals surface area contributed by atoms with Crippen molar-refractivity contribution in [1.82, 2.24) is 9.88 Å². The molecule has 0 N–H and O–H groups in total. The molecule has 1 aromatic carbocycles. The molecule has 1 aromatic heterocycles. The maximum Gasteiger partial charge on any atom is 0.227 e. The molecule has 0 bridgehead atoms. The third kappa shape index (κ3) is 5.05. The van der Waals surface area contributed by atoms with Gasteiger partial charge in [0.2, 0.25) is 5.91 Å². The van der Waals surface area contributed by atoms with E-state index in [-0.39, 0.29) is 5.91 Å². The van der Waals surface area contributed by atoms with Crippen molar-refractivity contribution in [3.63, 3.8) is 0 Å². The van der Waals surface area contributed by atoms with E-state index in [1.807, 2.05) is 36.1 Å². The van der Waals surface area contributed by atoms with Crippen molar-refractivity contribution in [1.29, 1.82) is 0 Å². The number of carbonyl (C=O) groups excluding carboxylic acids is 1. The Bertz CT molecular complexity index is 712. The van der Waals surface area contributed by atoms with Gasteiger partial charge in [0, 0.05) is 37.0 Å². The third-order valence-electron chi connectivity index (χ3n) is 4.70. The SMILES string of the molecule is Cc1ccc(CC(=O)N2CCCC(COc3ccnc(C)c3)C2)cc1. The van der Waals surface area contributed by atoms with Crippen LogP contribution in [0.15, 0.2) is 42.6 Å². The third-order valence-corrected chi connectivity index (χ3v) is 4.70. The Morgan fingerprint density at radius 3 is 2.80 bits per heavy atom. The lowest BCUT2D eigenvalue weighted by Crippen LogP contribution is -2.42. The van der Waals surface area contributed by atoms with Gasteiger partial charge in [0.15, 0.2) is 0 Å². The molecule has 1 amide bonds. The lowest BCUT2D eigenvalue weighted by Gasteiger charge is -2.32. The number of amides is 1. The van der Waals surface area contributed by atoms with Crippen LogP contribution in [0.1, 0.15) is 29.7 Å². The first kappa shape index (κ1) is 17.5. The van der Waals surface area contributed by atoms with Crippen LogP contribution in [0.5, 0.6) is 5.75 Å². The summed E-state index contributed by atoms with van der Waals surface area (Å²) in [7, 11) is 0. The summed E-state index contributed by atoms with van der Waals surface area (Å²) in [5.41, 5.74) is 3.26. The maximum atomic E-state index is 12.6. The first-order chi connectivity index (χ1) is 12.1. The lowest BCUT2D eigenvalue weighted by atomic mass is 9.98. The molecule has 1 saturated heterocycles. The van der Waals surface area contributed by atoms with Gasteiger partial charge in [-0.1, -0.05) is 29.8 Å². The van der Waals surface area contributed by atoms with Gasteiger partial charge in [0.1, 0.15) is 5.75 Å². The molecule has 1 aliphatic rings. The fourth-order valence-corrected chi connectivity index (χ4v) is 3.24. The molecule has 1 atom stereocenters. The van der Waals surface area contributed by atoms with Crippen molar-refractivity contribution in [3.8, 4) is 5.75 Å². The molecule has 4 heteroatoms. The topological polar surface area (TPSA) is 42.4 Å². The van der Waals surface area contributed by atoms with E-state index in [2.05, 4.69) is 24.0 Å². The van der Waals surface area contributed by atoms with Gasteiger partial charge in [-0.2, -0.15) is 0 Å². The number of nitrogens with zero attached hydrogens (tertiary/aromatic N) is 2. The minimum atomic E-state index is 0.216. The van der Waals surface area contributed by atoms with Gasteiger partial charge in [-0.15, -0.1) is 0 Å². The van der Waals surface area contributed by atoms with Crippen LogP contribution in [0.2, 0.25) is 0 Å². The van der Waals surface area contributed by atoms with Crippen molar-refractivity contribution in [2.24, 2.45) is 5.92 Å². The second-order valence-electron chi connectivity index (χ2n) is 6.95. The molecule has 1 fully saturated rings. The highest BCUT2D eigenvalue weighted by Crippen LogP contribution is 2.20. The number of piperidine rings is 1. The molecule has 1 aliphatic heterocycles. The number of rotatable bonds is 5. The lowest BCUT2D eigenvalue weighted by molar-refractivity contribution is -0.132. The van der Waals surface area contributed by atoms with Crippen LogP contribution in [0.25, 0.3) is 0 Å². The molecule has 0 radical (unpaired) electrons. The number of aromatic nitrogens is 1. The van der Waals surface area contributed by atoms with E-state index in [1.54, 1.807) is 6.20 Å². The average Bonchev–Trinajstić information content (AvgIpc) is 2.62. The summed E-state index contributed by atoms with van der Waals surface area (Å²) in [4.78, 5) is 18.8. The molecular formula is C21H26N2O2. The molecule has 1 unspecified atom stereocenters. The molecule has 4 nitrogen and oxygen atoms in total. The van der Waals surface area contributed by atoms with Crippen LogP contribution >= 0.6 is 0 Å². The van der Waals surface area contributed by atoms with Crippen molar-refractivity contribution < 1.29 is 9.53 Å². The van der Waals surface area contributed by atoms with Gasteiger partial charge < -0.3 is 9.64 Å². The van der Waals surface area contributed by atoms with E-state index >= 15 is 0 Å². The van der Waals surface area contributed by atoms with Crippen LogP contribution in [-0.4, -0.2) is 35.5 Å². The molecule has 0 aliphatic carbocycles. The maximum absolute atomic E-state index is 12.6. The van der Waals surface area contributed by atoms with Crippen LogP contribution in [-0.2, 0) is 11.2 Å². The Kier molecular flexibility index (Phi) is 5.69. The molecule has 2 aromatic rings. The Balaban J connectivity index is 1.51. The van der Waals surface area contributed by atoms with Gasteiger partial charge in [0.05, 0.1) is 13.0 Å². The van der Waals surface area contributed by atoms with Crippen molar-refractivity contribution in [2.45, 2.75) is 33.1 Å². The standard InChI is InChI=1S/C21H26N2O2/c1-16-5-7-18(8-6-16)13-21(24)23-11-3-4-19(14-23)15-25-20-9-10-22-17(2)12-20/h5-10,12,19H,3-4,11,13-15H2,1-2H3. The predicted octanol–water partition coefficient (Wildman–Crippen LogP) is 3.56. The summed E-state index contributed by atoms with van der Waals surface area (Å²) in [6, 6.07) is 12.0. The number of hydrogen-bond donors (Lipinski definition) is 0. The zero-order chi connectivity index (χ0) is 17.6. The van der Waals surface area contributed by atoms with Gasteiger partial charge in [-0.3, -0.25) is 9.78 Å². The minimum Gasteiger partial charge on any atom is -0.493 e. The highest BCUT2D eigenvalue weighted by atomic mass is 16.5. The van der Waals surface area contributed by atoms with Gasteiger partial charge in [-0.25, -0.2) is 0 Å². The number of pyridine rings is 1. The fourth-order valence-electron chi connectivity index (χ4n) is 3.24. The number of likely N-dealkylation sites (tertiary alicyclic amines) is 1. The summed E-state index contributed by atoms with van der Waals surface area (Å²) in [5.74, 6) is 1.47. The van der Waals surface area contributed by atoms with E-state index in [9.17, 15) is 4.79 Å². The molecular weight excluding hydrogens is 312 g/mol. The number of benzene rings is 1. The predicted molar refractivity (Wildman–Crippen MR) is 98.7 cm³/mol. The highest BCUT2D eigenvalue weighted by Gasteiger charge is 2.24. The van der Waals surface area contributed by atoms with Gasteiger partial charge >= 0.3 is 0 Å². The summed E-state index contributed by atoms with van der Waals surface area (Å²) in [6.45, 7) is 6.31. The zero-order valence-electron chi connectivity index (χ0n) is 15.1. The van der Waals surface area contributed by atoms with Crippen molar-refractivity contribution in [3.05, 3.63) is 59.4 Å². The number of aryl methyl sites for hydroxylation is 2. The zero-order valence-corrected chi connectivity index (χ0v) is 15.1. The minimum absolute atomic E-state index is 0.216. The van der Waals surface area contributed by atoms with Crippen molar-refractivity contribution >= 4 is 5.91 Å². The van der Waals surface area contributed by atoms with Crippen LogP contribution in [0.3, 0.4) is 0 Å². The van der Waals surface area contributed by atoms with E-state index < -0.39 is 0 Å². The summed E-state index contributed by atoms with van der Waals surface area (Å²) in [5, 5.41) is 0. The number of ether oxygens (including phenoxy) is 1. The second-order valence-corrected chi connectivity index (χ2v) is 6.95. The molecule has 0 saturated carbocycles. The first-order valence-electron chi connectivity index (χ1n) is 8.99.